The van der Waals surface area contributed by atoms with Gasteiger partial charge in [-0.15, -0.1) is 0 Å². The van der Waals surface area contributed by atoms with Gasteiger partial charge in [-0.3, -0.25) is 4.79 Å². The fraction of sp³-hybridized carbons (Fsp3) is 0.632. The van der Waals surface area contributed by atoms with Crippen LogP contribution in [-0.2, 0) is 19.6 Å². The van der Waals surface area contributed by atoms with Crippen LogP contribution in [0, 0.1) is 0 Å². The summed E-state index contributed by atoms with van der Waals surface area (Å²) in [5, 5.41) is 0. The monoisotopic (exact) mass is 396 g/mol. The third kappa shape index (κ3) is 5.00. The lowest BCUT2D eigenvalue weighted by Crippen LogP contribution is -2.46. The lowest BCUT2D eigenvalue weighted by molar-refractivity contribution is -0.142. The van der Waals surface area contributed by atoms with Gasteiger partial charge in [-0.2, -0.15) is 4.31 Å². The molecule has 0 unspecified atom stereocenters. The SMILES string of the molecule is C[C@H](Oc1ccc(S(=O)(=O)N2CCCCCC2)cc1)C(=O)N1CCOCC1. The number of amides is 1. The highest BCUT2D eigenvalue weighted by molar-refractivity contribution is 7.89. The molecule has 0 radical (unpaired) electrons. The van der Waals surface area contributed by atoms with Crippen LogP contribution in [0.5, 0.6) is 5.75 Å². The quantitative estimate of drug-likeness (QED) is 0.760. The second kappa shape index (κ2) is 9.03. The fourth-order valence-electron chi connectivity index (χ4n) is 3.42. The molecule has 7 nitrogen and oxygen atoms in total. The van der Waals surface area contributed by atoms with Crippen LogP contribution in [-0.4, -0.2) is 69.0 Å². The highest BCUT2D eigenvalue weighted by Gasteiger charge is 2.26. The Balaban J connectivity index is 1.63. The molecule has 0 N–H and O–H groups in total. The van der Waals surface area contributed by atoms with Crippen LogP contribution in [0.4, 0.5) is 0 Å². The van der Waals surface area contributed by atoms with Crippen molar-refractivity contribution in [2.45, 2.75) is 43.6 Å². The maximum atomic E-state index is 12.8. The highest BCUT2D eigenvalue weighted by atomic mass is 32.2. The van der Waals surface area contributed by atoms with E-state index >= 15 is 0 Å². The number of ether oxygens (including phenoxy) is 2. The zero-order chi connectivity index (χ0) is 19.3. The van der Waals surface area contributed by atoms with Gasteiger partial charge in [0, 0.05) is 26.2 Å². The number of sulfonamides is 1. The molecule has 0 saturated carbocycles. The second-order valence-electron chi connectivity index (χ2n) is 6.99. The first-order valence-electron chi connectivity index (χ1n) is 9.62. The Kier molecular flexibility index (Phi) is 6.73. The van der Waals surface area contributed by atoms with E-state index < -0.39 is 16.1 Å². The van der Waals surface area contributed by atoms with Crippen molar-refractivity contribution in [1.82, 2.24) is 9.21 Å². The molecule has 2 aliphatic heterocycles. The molecular weight excluding hydrogens is 368 g/mol. The number of carbonyl (C=O) groups excluding carboxylic acids is 1. The van der Waals surface area contributed by atoms with Gasteiger partial charge in [-0.25, -0.2) is 8.42 Å². The summed E-state index contributed by atoms with van der Waals surface area (Å²) < 4.78 is 38.1. The van der Waals surface area contributed by atoms with Crippen LogP contribution in [0.3, 0.4) is 0 Å². The maximum absolute atomic E-state index is 12.8. The summed E-state index contributed by atoms with van der Waals surface area (Å²) in [4.78, 5) is 14.4. The van der Waals surface area contributed by atoms with Crippen molar-refractivity contribution in [3.63, 3.8) is 0 Å². The van der Waals surface area contributed by atoms with Crippen LogP contribution in [0.15, 0.2) is 29.2 Å². The number of nitrogens with zero attached hydrogens (tertiary/aromatic N) is 2. The molecule has 8 heteroatoms. The van der Waals surface area contributed by atoms with Gasteiger partial charge in [0.2, 0.25) is 10.0 Å². The van der Waals surface area contributed by atoms with E-state index in [1.54, 1.807) is 40.4 Å². The molecule has 0 aromatic heterocycles. The standard InChI is InChI=1S/C19H28N2O5S/c1-16(19(22)20-12-14-25-15-13-20)26-17-6-8-18(9-7-17)27(23,24)21-10-4-2-3-5-11-21/h6-9,16H,2-5,10-15H2,1H3/t16-/m0/s1. The number of rotatable bonds is 5. The average molecular weight is 397 g/mol. The Hall–Kier alpha value is -1.64. The predicted octanol–water partition coefficient (Wildman–Crippen LogP) is 1.88. The van der Waals surface area contributed by atoms with Crippen LogP contribution < -0.4 is 4.74 Å². The number of carbonyl (C=O) groups is 1. The van der Waals surface area contributed by atoms with E-state index in [0.29, 0.717) is 45.1 Å². The van der Waals surface area contributed by atoms with Gasteiger partial charge >= 0.3 is 0 Å². The van der Waals surface area contributed by atoms with Crippen LogP contribution in [0.1, 0.15) is 32.6 Å². The van der Waals surface area contributed by atoms with Gasteiger partial charge in [0.1, 0.15) is 5.75 Å². The topological polar surface area (TPSA) is 76.2 Å². The van der Waals surface area contributed by atoms with Crippen molar-refractivity contribution in [1.29, 1.82) is 0 Å². The summed E-state index contributed by atoms with van der Waals surface area (Å²) in [5.74, 6) is 0.401. The van der Waals surface area contributed by atoms with Crippen molar-refractivity contribution in [2.75, 3.05) is 39.4 Å². The van der Waals surface area contributed by atoms with Crippen molar-refractivity contribution in [3.8, 4) is 5.75 Å². The zero-order valence-corrected chi connectivity index (χ0v) is 16.6. The van der Waals surface area contributed by atoms with E-state index in [1.165, 1.54) is 0 Å². The molecule has 0 spiro atoms. The smallest absolute Gasteiger partial charge is 0.263 e. The summed E-state index contributed by atoms with van der Waals surface area (Å²) >= 11 is 0. The van der Waals surface area contributed by atoms with Gasteiger partial charge in [0.15, 0.2) is 6.10 Å². The van der Waals surface area contributed by atoms with Gasteiger partial charge in [-0.05, 0) is 44.0 Å². The van der Waals surface area contributed by atoms with Crippen molar-refractivity contribution >= 4 is 15.9 Å². The van der Waals surface area contributed by atoms with E-state index in [9.17, 15) is 13.2 Å². The van der Waals surface area contributed by atoms with Crippen LogP contribution >= 0.6 is 0 Å². The van der Waals surface area contributed by atoms with E-state index in [1.807, 2.05) is 0 Å². The molecule has 27 heavy (non-hydrogen) atoms. The van der Waals surface area contributed by atoms with Crippen molar-refractivity contribution < 1.29 is 22.7 Å². The molecule has 1 atom stereocenters. The fourth-order valence-corrected chi connectivity index (χ4v) is 4.93. The van der Waals surface area contributed by atoms with Gasteiger partial charge in [-0.1, -0.05) is 12.8 Å². The normalized spacial score (nSPS) is 20.7. The third-order valence-electron chi connectivity index (χ3n) is 5.01. The number of hydrogen-bond donors (Lipinski definition) is 0. The minimum atomic E-state index is -3.48. The Morgan fingerprint density at radius 1 is 1.00 bits per heavy atom. The number of benzene rings is 1. The van der Waals surface area contributed by atoms with Gasteiger partial charge in [0.05, 0.1) is 18.1 Å². The van der Waals surface area contributed by atoms with Gasteiger partial charge in [0.25, 0.3) is 5.91 Å². The molecule has 1 amide bonds. The molecule has 2 heterocycles. The lowest BCUT2D eigenvalue weighted by atomic mass is 10.2. The molecule has 2 saturated heterocycles. The third-order valence-corrected chi connectivity index (χ3v) is 6.92. The van der Waals surface area contributed by atoms with Crippen LogP contribution in [0.2, 0.25) is 0 Å². The zero-order valence-electron chi connectivity index (χ0n) is 15.8. The van der Waals surface area contributed by atoms with Gasteiger partial charge < -0.3 is 14.4 Å². The maximum Gasteiger partial charge on any atom is 0.263 e. The molecule has 1 aromatic carbocycles. The lowest BCUT2D eigenvalue weighted by Gasteiger charge is -2.29. The minimum Gasteiger partial charge on any atom is -0.481 e. The molecule has 3 rings (SSSR count). The largest absolute Gasteiger partial charge is 0.481 e. The average Bonchev–Trinajstić information content (AvgIpc) is 2.98. The van der Waals surface area contributed by atoms with Crippen molar-refractivity contribution in [2.24, 2.45) is 0 Å². The molecular formula is C19H28N2O5S. The first kappa shape index (κ1) is 20.1. The van der Waals surface area contributed by atoms with E-state index in [-0.39, 0.29) is 10.8 Å². The molecule has 2 aliphatic rings. The molecule has 1 aromatic rings. The Bertz CT molecular complexity index is 721. The Labute approximate surface area is 161 Å². The Morgan fingerprint density at radius 2 is 1.59 bits per heavy atom. The molecule has 150 valence electrons. The first-order valence-corrected chi connectivity index (χ1v) is 11.1. The summed E-state index contributed by atoms with van der Waals surface area (Å²) in [5.41, 5.74) is 0. The predicted molar refractivity (Wildman–Crippen MR) is 101 cm³/mol. The number of morpholine rings is 1. The summed E-state index contributed by atoms with van der Waals surface area (Å²) in [7, 11) is -3.48. The molecule has 0 aliphatic carbocycles. The first-order chi connectivity index (χ1) is 13.0. The summed E-state index contributed by atoms with van der Waals surface area (Å²) in [6, 6.07) is 6.35. The van der Waals surface area contributed by atoms with E-state index in [0.717, 1.165) is 25.7 Å². The number of hydrogen-bond acceptors (Lipinski definition) is 5. The van der Waals surface area contributed by atoms with E-state index in [4.69, 9.17) is 9.47 Å². The molecule has 0 bridgehead atoms. The minimum absolute atomic E-state index is 0.0837. The van der Waals surface area contributed by atoms with E-state index in [2.05, 4.69) is 0 Å². The summed E-state index contributed by atoms with van der Waals surface area (Å²) in [6.07, 6.45) is 3.33. The highest BCUT2D eigenvalue weighted by Crippen LogP contribution is 2.23. The Morgan fingerprint density at radius 3 is 2.19 bits per heavy atom. The van der Waals surface area contributed by atoms with Crippen molar-refractivity contribution in [3.05, 3.63) is 24.3 Å². The molecule has 2 fully saturated rings. The summed E-state index contributed by atoms with van der Waals surface area (Å²) in [6.45, 7) is 5.08. The van der Waals surface area contributed by atoms with Crippen LogP contribution in [0.25, 0.3) is 0 Å². The second-order valence-corrected chi connectivity index (χ2v) is 8.93.